The average molecular weight is 341 g/mol. The summed E-state index contributed by atoms with van der Waals surface area (Å²) >= 11 is 0. The van der Waals surface area contributed by atoms with Crippen molar-refractivity contribution in [1.29, 1.82) is 0 Å². The van der Waals surface area contributed by atoms with Crippen LogP contribution in [0.5, 0.6) is 5.75 Å². The molecule has 0 bridgehead atoms. The minimum absolute atomic E-state index is 0.158. The zero-order chi connectivity index (χ0) is 17.8. The molecule has 1 saturated carbocycles. The highest BCUT2D eigenvalue weighted by atomic mass is 16.5. The Bertz CT molecular complexity index is 752. The number of fused-ring (bicyclic) bond motifs is 1. The lowest BCUT2D eigenvalue weighted by molar-refractivity contribution is -0.122. The molecule has 1 amide bonds. The molecule has 0 spiro atoms. The minimum Gasteiger partial charge on any atom is -0.490 e. The number of carbonyl (C=O) groups is 1. The van der Waals surface area contributed by atoms with Crippen molar-refractivity contribution in [3.05, 3.63) is 30.0 Å². The molecule has 3 rings (SSSR count). The largest absolute Gasteiger partial charge is 0.490 e. The third kappa shape index (κ3) is 4.21. The van der Waals surface area contributed by atoms with Crippen molar-refractivity contribution in [2.75, 3.05) is 5.73 Å². The van der Waals surface area contributed by atoms with Crippen molar-refractivity contribution in [3.8, 4) is 5.75 Å². The van der Waals surface area contributed by atoms with Crippen LogP contribution in [0.15, 0.2) is 24.3 Å². The summed E-state index contributed by atoms with van der Waals surface area (Å²) in [6, 6.07) is 8.05. The molecule has 0 saturated heterocycles. The van der Waals surface area contributed by atoms with Crippen LogP contribution in [0.2, 0.25) is 0 Å². The molecule has 25 heavy (non-hydrogen) atoms. The number of pyridine rings is 1. The van der Waals surface area contributed by atoms with E-state index in [9.17, 15) is 4.79 Å². The van der Waals surface area contributed by atoms with Gasteiger partial charge in [0.2, 0.25) is 5.91 Å². The van der Waals surface area contributed by atoms with Gasteiger partial charge in [0.25, 0.3) is 0 Å². The zero-order valence-corrected chi connectivity index (χ0v) is 15.0. The van der Waals surface area contributed by atoms with Crippen LogP contribution in [0.4, 0.5) is 5.69 Å². The summed E-state index contributed by atoms with van der Waals surface area (Å²) in [5, 5.41) is 4.02. The summed E-state index contributed by atoms with van der Waals surface area (Å²) in [5.41, 5.74) is 8.69. The van der Waals surface area contributed by atoms with Crippen molar-refractivity contribution in [3.63, 3.8) is 0 Å². The summed E-state index contributed by atoms with van der Waals surface area (Å²) in [4.78, 5) is 16.3. The van der Waals surface area contributed by atoms with E-state index in [1.165, 1.54) is 0 Å². The van der Waals surface area contributed by atoms with Crippen molar-refractivity contribution in [2.24, 2.45) is 0 Å². The fraction of sp³-hybridized carbons (Fsp3) is 0.500. The monoisotopic (exact) mass is 341 g/mol. The van der Waals surface area contributed by atoms with Gasteiger partial charge in [-0.05, 0) is 57.2 Å². The van der Waals surface area contributed by atoms with Gasteiger partial charge in [-0.15, -0.1) is 0 Å². The molecule has 1 aliphatic rings. The first-order valence-corrected chi connectivity index (χ1v) is 9.18. The SMILES string of the molecule is CCCC(=O)N[C@H]1CC[C@H](Oc2cccc3nc(C)cc(N)c23)CC1. The number of nitrogens with two attached hydrogens (primary N) is 1. The van der Waals surface area contributed by atoms with E-state index in [0.717, 1.165) is 54.5 Å². The van der Waals surface area contributed by atoms with Crippen molar-refractivity contribution in [2.45, 2.75) is 64.5 Å². The molecule has 5 heteroatoms. The number of nitrogens with one attached hydrogen (secondary N) is 1. The van der Waals surface area contributed by atoms with Gasteiger partial charge in [-0.25, -0.2) is 0 Å². The third-order valence-corrected chi connectivity index (χ3v) is 4.76. The number of aromatic nitrogens is 1. The molecular weight excluding hydrogens is 314 g/mol. The molecule has 3 N–H and O–H groups in total. The fourth-order valence-corrected chi connectivity index (χ4v) is 3.55. The van der Waals surface area contributed by atoms with E-state index >= 15 is 0 Å². The summed E-state index contributed by atoms with van der Waals surface area (Å²) in [6.07, 6.45) is 5.44. The van der Waals surface area contributed by atoms with Crippen LogP contribution in [-0.4, -0.2) is 23.0 Å². The smallest absolute Gasteiger partial charge is 0.220 e. The normalized spacial score (nSPS) is 20.4. The Hall–Kier alpha value is -2.30. The van der Waals surface area contributed by atoms with Gasteiger partial charge in [0.15, 0.2) is 0 Å². The fourth-order valence-electron chi connectivity index (χ4n) is 3.55. The lowest BCUT2D eigenvalue weighted by Gasteiger charge is -2.30. The van der Waals surface area contributed by atoms with Gasteiger partial charge in [0.05, 0.1) is 17.0 Å². The maximum Gasteiger partial charge on any atom is 0.220 e. The maximum atomic E-state index is 11.7. The molecular formula is C20H27N3O2. The van der Waals surface area contributed by atoms with E-state index in [1.54, 1.807) is 0 Å². The van der Waals surface area contributed by atoms with Crippen LogP contribution >= 0.6 is 0 Å². The number of amides is 1. The first-order valence-electron chi connectivity index (χ1n) is 9.18. The van der Waals surface area contributed by atoms with Gasteiger partial charge in [-0.2, -0.15) is 0 Å². The number of carbonyl (C=O) groups excluding carboxylic acids is 1. The number of aryl methyl sites for hydroxylation is 1. The maximum absolute atomic E-state index is 11.7. The van der Waals surface area contributed by atoms with E-state index in [-0.39, 0.29) is 18.1 Å². The second kappa shape index (κ2) is 7.72. The van der Waals surface area contributed by atoms with Gasteiger partial charge in [-0.3, -0.25) is 9.78 Å². The summed E-state index contributed by atoms with van der Waals surface area (Å²) in [6.45, 7) is 3.97. The van der Waals surface area contributed by atoms with Crippen LogP contribution in [-0.2, 0) is 4.79 Å². The number of nitrogens with zero attached hydrogens (tertiary/aromatic N) is 1. The Morgan fingerprint density at radius 1 is 1.32 bits per heavy atom. The third-order valence-electron chi connectivity index (χ3n) is 4.76. The zero-order valence-electron chi connectivity index (χ0n) is 15.0. The molecule has 0 unspecified atom stereocenters. The van der Waals surface area contributed by atoms with E-state index in [0.29, 0.717) is 12.1 Å². The first kappa shape index (κ1) is 17.5. The van der Waals surface area contributed by atoms with E-state index < -0.39 is 0 Å². The molecule has 1 aromatic carbocycles. The second-order valence-corrected chi connectivity index (χ2v) is 6.91. The predicted octanol–water partition coefficient (Wildman–Crippen LogP) is 3.73. The highest BCUT2D eigenvalue weighted by Gasteiger charge is 2.24. The van der Waals surface area contributed by atoms with E-state index in [1.807, 2.05) is 38.1 Å². The van der Waals surface area contributed by atoms with Crippen LogP contribution in [0.3, 0.4) is 0 Å². The lowest BCUT2D eigenvalue weighted by atomic mass is 9.92. The Morgan fingerprint density at radius 2 is 2.08 bits per heavy atom. The number of rotatable bonds is 5. The van der Waals surface area contributed by atoms with Crippen molar-refractivity contribution >= 4 is 22.5 Å². The van der Waals surface area contributed by atoms with E-state index in [4.69, 9.17) is 10.5 Å². The lowest BCUT2D eigenvalue weighted by Crippen LogP contribution is -2.39. The van der Waals surface area contributed by atoms with Gasteiger partial charge in [0, 0.05) is 23.8 Å². The van der Waals surface area contributed by atoms with Crippen molar-refractivity contribution < 1.29 is 9.53 Å². The minimum atomic E-state index is 0.158. The van der Waals surface area contributed by atoms with Gasteiger partial charge >= 0.3 is 0 Å². The Balaban J connectivity index is 1.65. The van der Waals surface area contributed by atoms with Gasteiger partial charge < -0.3 is 15.8 Å². The second-order valence-electron chi connectivity index (χ2n) is 6.91. The topological polar surface area (TPSA) is 77.2 Å². The predicted molar refractivity (Wildman–Crippen MR) is 101 cm³/mol. The highest BCUT2D eigenvalue weighted by Crippen LogP contribution is 2.33. The summed E-state index contributed by atoms with van der Waals surface area (Å²) in [7, 11) is 0. The molecule has 1 heterocycles. The van der Waals surface area contributed by atoms with Gasteiger partial charge in [-0.1, -0.05) is 13.0 Å². The standard InChI is InChI=1S/C20H27N3O2/c1-3-5-19(24)23-14-8-10-15(11-9-14)25-18-7-4-6-17-20(18)16(21)12-13(2)22-17/h4,6-7,12,14-15H,3,5,8-11H2,1-2H3,(H2,21,22)(H,23,24)/t14-,15-. The molecule has 1 fully saturated rings. The number of nitrogen functional groups attached to an aromatic ring is 1. The van der Waals surface area contributed by atoms with Crippen LogP contribution < -0.4 is 15.8 Å². The number of benzene rings is 1. The molecule has 0 aliphatic heterocycles. The number of ether oxygens (including phenoxy) is 1. The quantitative estimate of drug-likeness (QED) is 0.868. The number of anilines is 1. The Kier molecular flexibility index (Phi) is 5.41. The molecule has 0 radical (unpaired) electrons. The molecule has 2 aromatic rings. The van der Waals surface area contributed by atoms with Crippen LogP contribution in [0, 0.1) is 6.92 Å². The van der Waals surface area contributed by atoms with E-state index in [2.05, 4.69) is 10.3 Å². The summed E-state index contributed by atoms with van der Waals surface area (Å²) in [5.74, 6) is 0.969. The summed E-state index contributed by atoms with van der Waals surface area (Å²) < 4.78 is 6.26. The number of hydrogen-bond donors (Lipinski definition) is 2. The number of hydrogen-bond acceptors (Lipinski definition) is 4. The first-order chi connectivity index (χ1) is 12.1. The van der Waals surface area contributed by atoms with Crippen LogP contribution in [0.25, 0.3) is 10.9 Å². The van der Waals surface area contributed by atoms with Crippen molar-refractivity contribution in [1.82, 2.24) is 10.3 Å². The Labute approximate surface area is 149 Å². The molecule has 0 atom stereocenters. The Morgan fingerprint density at radius 3 is 2.80 bits per heavy atom. The molecule has 1 aliphatic carbocycles. The van der Waals surface area contributed by atoms with Crippen LogP contribution in [0.1, 0.15) is 51.1 Å². The molecule has 1 aromatic heterocycles. The van der Waals surface area contributed by atoms with Gasteiger partial charge in [0.1, 0.15) is 5.75 Å². The highest BCUT2D eigenvalue weighted by molar-refractivity contribution is 5.95. The molecule has 134 valence electrons. The average Bonchev–Trinajstić information content (AvgIpc) is 2.56. The molecule has 5 nitrogen and oxygen atoms in total.